The maximum Gasteiger partial charge on any atom is 0.226 e. The van der Waals surface area contributed by atoms with Crippen LogP contribution in [0.1, 0.15) is 23.6 Å². The molecule has 0 fully saturated rings. The molecule has 0 bridgehead atoms. The van der Waals surface area contributed by atoms with Crippen molar-refractivity contribution in [3.63, 3.8) is 0 Å². The van der Waals surface area contributed by atoms with Crippen LogP contribution >= 0.6 is 0 Å². The molecule has 0 aliphatic heterocycles. The van der Waals surface area contributed by atoms with Crippen LogP contribution in [0.25, 0.3) is 0 Å². The van der Waals surface area contributed by atoms with Gasteiger partial charge in [-0.25, -0.2) is 8.78 Å². The minimum absolute atomic E-state index is 0.178. The molecule has 1 heterocycles. The minimum Gasteiger partial charge on any atom is -0.346 e. The largest absolute Gasteiger partial charge is 0.346 e. The molecule has 25 heavy (non-hydrogen) atoms. The van der Waals surface area contributed by atoms with Crippen molar-refractivity contribution in [1.82, 2.24) is 4.57 Å². The Morgan fingerprint density at radius 2 is 1.68 bits per heavy atom. The first-order chi connectivity index (χ1) is 12.0. The monoisotopic (exact) mass is 340 g/mol. The summed E-state index contributed by atoms with van der Waals surface area (Å²) in [4.78, 5) is 12.5. The summed E-state index contributed by atoms with van der Waals surface area (Å²) in [5.41, 5.74) is 2.08. The van der Waals surface area contributed by atoms with Gasteiger partial charge in [0.1, 0.15) is 11.6 Å². The number of benzene rings is 2. The number of aromatic nitrogens is 1. The maximum absolute atomic E-state index is 13.2. The van der Waals surface area contributed by atoms with Gasteiger partial charge in [0.25, 0.3) is 0 Å². The van der Waals surface area contributed by atoms with Crippen molar-refractivity contribution in [1.29, 1.82) is 0 Å². The number of anilines is 1. The van der Waals surface area contributed by atoms with Crippen LogP contribution in [0, 0.1) is 18.6 Å². The third-order valence-corrected chi connectivity index (χ3v) is 4.08. The molecule has 0 unspecified atom stereocenters. The molecule has 0 saturated carbocycles. The van der Waals surface area contributed by atoms with Gasteiger partial charge in [-0.05, 0) is 60.5 Å². The molecule has 0 aliphatic rings. The van der Waals surface area contributed by atoms with E-state index in [2.05, 4.69) is 5.32 Å². The van der Waals surface area contributed by atoms with Crippen LogP contribution in [0.15, 0.2) is 67.0 Å². The van der Waals surface area contributed by atoms with Gasteiger partial charge in [0.05, 0.1) is 12.5 Å². The van der Waals surface area contributed by atoms with Gasteiger partial charge >= 0.3 is 0 Å². The summed E-state index contributed by atoms with van der Waals surface area (Å²) in [7, 11) is 0. The van der Waals surface area contributed by atoms with Gasteiger partial charge in [-0.15, -0.1) is 0 Å². The SMILES string of the molecule is Cc1cc(F)ccc1NC(=O)C[C@H](c1ccc(F)cc1)n1cccc1. The molecule has 3 aromatic rings. The predicted octanol–water partition coefficient (Wildman–Crippen LogP) is 4.69. The topological polar surface area (TPSA) is 34.0 Å². The van der Waals surface area contributed by atoms with E-state index in [1.54, 1.807) is 25.1 Å². The Labute approximate surface area is 144 Å². The normalized spacial score (nSPS) is 12.0. The third kappa shape index (κ3) is 4.12. The Hall–Kier alpha value is -2.95. The molecule has 0 saturated heterocycles. The second kappa shape index (κ2) is 7.30. The molecule has 3 nitrogen and oxygen atoms in total. The lowest BCUT2D eigenvalue weighted by Crippen LogP contribution is -2.20. The van der Waals surface area contributed by atoms with Gasteiger partial charge in [0.15, 0.2) is 0 Å². The number of hydrogen-bond acceptors (Lipinski definition) is 1. The molecule has 0 spiro atoms. The summed E-state index contributed by atoms with van der Waals surface area (Å²) >= 11 is 0. The number of nitrogens with one attached hydrogen (secondary N) is 1. The molecule has 1 amide bonds. The van der Waals surface area contributed by atoms with Crippen LogP contribution < -0.4 is 5.32 Å². The van der Waals surface area contributed by atoms with Crippen molar-refractivity contribution in [2.24, 2.45) is 0 Å². The number of carbonyl (C=O) groups is 1. The number of hydrogen-bond donors (Lipinski definition) is 1. The molecule has 3 rings (SSSR count). The van der Waals surface area contributed by atoms with Crippen molar-refractivity contribution >= 4 is 11.6 Å². The van der Waals surface area contributed by atoms with Gasteiger partial charge < -0.3 is 9.88 Å². The van der Waals surface area contributed by atoms with Crippen LogP contribution in [0.4, 0.5) is 14.5 Å². The van der Waals surface area contributed by atoms with Crippen molar-refractivity contribution in [3.8, 4) is 0 Å². The van der Waals surface area contributed by atoms with Crippen LogP contribution in [0.5, 0.6) is 0 Å². The molecule has 128 valence electrons. The van der Waals surface area contributed by atoms with Gasteiger partial charge in [0, 0.05) is 18.1 Å². The highest BCUT2D eigenvalue weighted by molar-refractivity contribution is 5.92. The Bertz CT molecular complexity index is 858. The van der Waals surface area contributed by atoms with Crippen molar-refractivity contribution in [3.05, 3.63) is 89.8 Å². The van der Waals surface area contributed by atoms with Gasteiger partial charge in [-0.3, -0.25) is 4.79 Å². The summed E-state index contributed by atoms with van der Waals surface area (Å²) < 4.78 is 28.3. The number of halogens is 2. The Kier molecular flexibility index (Phi) is 4.93. The second-order valence-corrected chi connectivity index (χ2v) is 5.91. The van der Waals surface area contributed by atoms with E-state index in [0.29, 0.717) is 11.3 Å². The average Bonchev–Trinajstić information content (AvgIpc) is 3.10. The van der Waals surface area contributed by atoms with Crippen molar-refractivity contribution < 1.29 is 13.6 Å². The van der Waals surface area contributed by atoms with Crippen molar-refractivity contribution in [2.75, 3.05) is 5.32 Å². The van der Waals surface area contributed by atoms with Crippen molar-refractivity contribution in [2.45, 2.75) is 19.4 Å². The number of nitrogens with zero attached hydrogens (tertiary/aromatic N) is 1. The smallest absolute Gasteiger partial charge is 0.226 e. The zero-order chi connectivity index (χ0) is 17.8. The van der Waals surface area contributed by atoms with E-state index in [4.69, 9.17) is 0 Å². The van der Waals surface area contributed by atoms with E-state index >= 15 is 0 Å². The first-order valence-corrected chi connectivity index (χ1v) is 7.97. The fourth-order valence-electron chi connectivity index (χ4n) is 2.78. The van der Waals surface area contributed by atoms with E-state index in [9.17, 15) is 13.6 Å². The summed E-state index contributed by atoms with van der Waals surface area (Å²) in [5, 5.41) is 2.82. The minimum atomic E-state index is -0.341. The summed E-state index contributed by atoms with van der Waals surface area (Å²) in [6, 6.07) is 13.8. The van der Waals surface area contributed by atoms with Gasteiger partial charge in [-0.1, -0.05) is 12.1 Å². The Morgan fingerprint density at radius 1 is 1.04 bits per heavy atom. The van der Waals surface area contributed by atoms with Gasteiger partial charge in [-0.2, -0.15) is 0 Å². The van der Waals surface area contributed by atoms with E-state index < -0.39 is 0 Å². The van der Waals surface area contributed by atoms with E-state index in [1.165, 1.54) is 24.3 Å². The van der Waals surface area contributed by atoms with E-state index in [-0.39, 0.29) is 30.0 Å². The highest BCUT2D eigenvalue weighted by atomic mass is 19.1. The fraction of sp³-hybridized carbons (Fsp3) is 0.150. The maximum atomic E-state index is 13.2. The van der Waals surface area contributed by atoms with Gasteiger partial charge in [0.2, 0.25) is 5.91 Å². The molecule has 2 aromatic carbocycles. The fourth-order valence-corrected chi connectivity index (χ4v) is 2.78. The lowest BCUT2D eigenvalue weighted by Gasteiger charge is -2.20. The highest BCUT2D eigenvalue weighted by Crippen LogP contribution is 2.24. The molecule has 1 atom stereocenters. The third-order valence-electron chi connectivity index (χ3n) is 4.08. The highest BCUT2D eigenvalue weighted by Gasteiger charge is 2.18. The molecule has 5 heteroatoms. The quantitative estimate of drug-likeness (QED) is 0.718. The van der Waals surface area contributed by atoms with E-state index in [0.717, 1.165) is 5.56 Å². The zero-order valence-corrected chi connectivity index (χ0v) is 13.7. The van der Waals surface area contributed by atoms with E-state index in [1.807, 2.05) is 29.1 Å². The molecule has 0 radical (unpaired) electrons. The number of carbonyl (C=O) groups excluding carboxylic acids is 1. The molecular weight excluding hydrogens is 322 g/mol. The first-order valence-electron chi connectivity index (χ1n) is 7.97. The van der Waals surface area contributed by atoms with Crippen LogP contribution in [-0.4, -0.2) is 10.5 Å². The predicted molar refractivity (Wildman–Crippen MR) is 93.4 cm³/mol. The number of amides is 1. The standard InChI is InChI=1S/C20H18F2N2O/c1-14-12-17(22)8-9-18(14)23-20(25)13-19(24-10-2-3-11-24)15-4-6-16(21)7-5-15/h2-12,19H,13H2,1H3,(H,23,25)/t19-/m1/s1. The average molecular weight is 340 g/mol. The van der Waals surface area contributed by atoms with Crippen LogP contribution in [-0.2, 0) is 4.79 Å². The summed E-state index contributed by atoms with van der Waals surface area (Å²) in [6.45, 7) is 1.74. The molecule has 1 aromatic heterocycles. The molecule has 1 N–H and O–H groups in total. The number of aryl methyl sites for hydroxylation is 1. The summed E-state index contributed by atoms with van der Waals surface area (Å²) in [5.74, 6) is -0.855. The molecular formula is C20H18F2N2O. The Morgan fingerprint density at radius 3 is 2.32 bits per heavy atom. The zero-order valence-electron chi connectivity index (χ0n) is 13.7. The van der Waals surface area contributed by atoms with Crippen LogP contribution in [0.2, 0.25) is 0 Å². The van der Waals surface area contributed by atoms with Crippen LogP contribution in [0.3, 0.4) is 0 Å². The first kappa shape index (κ1) is 16.9. The number of rotatable bonds is 5. The lowest BCUT2D eigenvalue weighted by molar-refractivity contribution is -0.116. The second-order valence-electron chi connectivity index (χ2n) is 5.91. The molecule has 0 aliphatic carbocycles. The summed E-state index contributed by atoms with van der Waals surface area (Å²) in [6.07, 6.45) is 3.91. The lowest BCUT2D eigenvalue weighted by atomic mass is 10.0. The Balaban J connectivity index is 1.80.